The molecule has 1 aromatic rings. The average Bonchev–Trinajstić information content (AvgIpc) is 2.15. The molecule has 4 heteroatoms. The van der Waals surface area contributed by atoms with E-state index in [1.54, 1.807) is 0 Å². The molecule has 0 radical (unpaired) electrons. The molecule has 0 heterocycles. The first-order chi connectivity index (χ1) is 7.71. The second-order valence-electron chi connectivity index (χ2n) is 5.19. The Morgan fingerprint density at radius 1 is 1.41 bits per heavy atom. The fourth-order valence-corrected chi connectivity index (χ4v) is 1.42. The minimum atomic E-state index is -0.449. The summed E-state index contributed by atoms with van der Waals surface area (Å²) < 4.78 is 12.8. The normalized spacial score (nSPS) is 13.3. The summed E-state index contributed by atoms with van der Waals surface area (Å²) in [6, 6.07) is 3.75. The zero-order valence-corrected chi connectivity index (χ0v) is 11.2. The van der Waals surface area contributed by atoms with Crippen molar-refractivity contribution in [2.75, 3.05) is 0 Å². The Balaban J connectivity index is 2.84. The van der Waals surface area contributed by atoms with Crippen LogP contribution in [0.3, 0.4) is 0 Å². The third-order valence-electron chi connectivity index (χ3n) is 2.82. The minimum Gasteiger partial charge on any atom is -0.349 e. The Hall–Kier alpha value is -1.09. The van der Waals surface area contributed by atoms with Crippen LogP contribution in [0, 0.1) is 11.2 Å². The van der Waals surface area contributed by atoms with Crippen molar-refractivity contribution in [2.24, 2.45) is 5.41 Å². The van der Waals surface area contributed by atoms with Crippen LogP contribution in [0.4, 0.5) is 4.39 Å². The largest absolute Gasteiger partial charge is 0.349 e. The molecule has 1 amide bonds. The Kier molecular flexibility index (Phi) is 4.15. The zero-order valence-electron chi connectivity index (χ0n) is 10.5. The first-order valence-electron chi connectivity index (χ1n) is 5.47. The molecule has 0 fully saturated rings. The molecule has 1 aromatic carbocycles. The van der Waals surface area contributed by atoms with Gasteiger partial charge in [0.25, 0.3) is 5.91 Å². The van der Waals surface area contributed by atoms with E-state index in [0.717, 1.165) is 6.07 Å². The van der Waals surface area contributed by atoms with Gasteiger partial charge >= 0.3 is 0 Å². The van der Waals surface area contributed by atoms with E-state index in [-0.39, 0.29) is 22.4 Å². The van der Waals surface area contributed by atoms with Crippen molar-refractivity contribution in [1.29, 1.82) is 0 Å². The van der Waals surface area contributed by atoms with E-state index in [1.165, 1.54) is 12.1 Å². The van der Waals surface area contributed by atoms with E-state index < -0.39 is 5.82 Å². The molecule has 0 aromatic heterocycles. The Bertz CT molecular complexity index is 426. The van der Waals surface area contributed by atoms with Gasteiger partial charge in [-0.15, -0.1) is 0 Å². The molecule has 0 saturated carbocycles. The van der Waals surface area contributed by atoms with Gasteiger partial charge in [0.2, 0.25) is 0 Å². The standard InChI is InChI=1S/C13H17ClFNO/c1-8(13(2,3)4)16-12(17)10-6-5-9(15)7-11(10)14/h5-8H,1-4H3,(H,16,17)/t8-/m0/s1. The van der Waals surface area contributed by atoms with Crippen LogP contribution >= 0.6 is 11.6 Å². The van der Waals surface area contributed by atoms with E-state index in [0.29, 0.717) is 5.56 Å². The molecule has 0 aliphatic rings. The molecule has 0 bridgehead atoms. The van der Waals surface area contributed by atoms with Crippen LogP contribution in [0.1, 0.15) is 38.1 Å². The van der Waals surface area contributed by atoms with Gasteiger partial charge in [0, 0.05) is 6.04 Å². The van der Waals surface area contributed by atoms with E-state index in [4.69, 9.17) is 11.6 Å². The summed E-state index contributed by atoms with van der Waals surface area (Å²) in [4.78, 5) is 11.9. The molecule has 1 rings (SSSR count). The van der Waals surface area contributed by atoms with Crippen LogP contribution in [0.2, 0.25) is 5.02 Å². The lowest BCUT2D eigenvalue weighted by atomic mass is 9.88. The van der Waals surface area contributed by atoms with Crippen LogP contribution in [-0.2, 0) is 0 Å². The quantitative estimate of drug-likeness (QED) is 0.861. The lowest BCUT2D eigenvalue weighted by Crippen LogP contribution is -2.41. The number of amides is 1. The summed E-state index contributed by atoms with van der Waals surface area (Å²) >= 11 is 5.82. The van der Waals surface area contributed by atoms with Crippen molar-refractivity contribution in [2.45, 2.75) is 33.7 Å². The number of carbonyl (C=O) groups is 1. The van der Waals surface area contributed by atoms with E-state index in [1.807, 2.05) is 27.7 Å². The maximum Gasteiger partial charge on any atom is 0.253 e. The molecule has 17 heavy (non-hydrogen) atoms. The number of nitrogens with one attached hydrogen (secondary N) is 1. The number of carbonyl (C=O) groups excluding carboxylic acids is 1. The van der Waals surface area contributed by atoms with Crippen molar-refractivity contribution >= 4 is 17.5 Å². The summed E-state index contributed by atoms with van der Waals surface area (Å²) in [5.41, 5.74) is 0.256. The van der Waals surface area contributed by atoms with Gasteiger partial charge in [-0.3, -0.25) is 4.79 Å². The highest BCUT2D eigenvalue weighted by Crippen LogP contribution is 2.21. The number of hydrogen-bond acceptors (Lipinski definition) is 1. The maximum atomic E-state index is 12.8. The highest BCUT2D eigenvalue weighted by Gasteiger charge is 2.23. The first kappa shape index (κ1) is 14.0. The minimum absolute atomic E-state index is 0.00359. The third-order valence-corrected chi connectivity index (χ3v) is 3.14. The number of benzene rings is 1. The Morgan fingerprint density at radius 3 is 2.47 bits per heavy atom. The molecular weight excluding hydrogens is 241 g/mol. The molecule has 1 atom stereocenters. The van der Waals surface area contributed by atoms with Gasteiger partial charge in [-0.05, 0) is 30.5 Å². The van der Waals surface area contributed by atoms with E-state index in [9.17, 15) is 9.18 Å². The van der Waals surface area contributed by atoms with Gasteiger partial charge in [0.1, 0.15) is 5.82 Å². The second kappa shape index (κ2) is 5.05. The van der Waals surface area contributed by atoms with Crippen LogP contribution in [0.15, 0.2) is 18.2 Å². The summed E-state index contributed by atoms with van der Waals surface area (Å²) in [6.07, 6.45) is 0. The van der Waals surface area contributed by atoms with Crippen LogP contribution in [0.25, 0.3) is 0 Å². The summed E-state index contributed by atoms with van der Waals surface area (Å²) in [5, 5.41) is 2.98. The molecule has 1 N–H and O–H groups in total. The number of halogens is 2. The van der Waals surface area contributed by atoms with Gasteiger partial charge in [-0.1, -0.05) is 32.4 Å². The van der Waals surface area contributed by atoms with Crippen LogP contribution < -0.4 is 5.32 Å². The fourth-order valence-electron chi connectivity index (χ4n) is 1.16. The summed E-state index contributed by atoms with van der Waals surface area (Å²) in [6.45, 7) is 8.02. The Labute approximate surface area is 106 Å². The second-order valence-corrected chi connectivity index (χ2v) is 5.59. The van der Waals surface area contributed by atoms with Crippen molar-refractivity contribution in [3.8, 4) is 0 Å². The molecule has 2 nitrogen and oxygen atoms in total. The summed E-state index contributed by atoms with van der Waals surface area (Å²) in [5.74, 6) is -0.729. The van der Waals surface area contributed by atoms with Gasteiger partial charge in [0.05, 0.1) is 10.6 Å². The highest BCUT2D eigenvalue weighted by molar-refractivity contribution is 6.33. The van der Waals surface area contributed by atoms with Crippen molar-refractivity contribution in [3.63, 3.8) is 0 Å². The smallest absolute Gasteiger partial charge is 0.253 e. The monoisotopic (exact) mass is 257 g/mol. The highest BCUT2D eigenvalue weighted by atomic mass is 35.5. The maximum absolute atomic E-state index is 12.8. The molecule has 0 spiro atoms. The van der Waals surface area contributed by atoms with Crippen molar-refractivity contribution in [1.82, 2.24) is 5.32 Å². The molecule has 0 unspecified atom stereocenters. The van der Waals surface area contributed by atoms with Crippen molar-refractivity contribution < 1.29 is 9.18 Å². The predicted molar refractivity (Wildman–Crippen MR) is 67.8 cm³/mol. The lowest BCUT2D eigenvalue weighted by Gasteiger charge is -2.28. The molecule has 0 aliphatic carbocycles. The fraction of sp³-hybridized carbons (Fsp3) is 0.462. The van der Waals surface area contributed by atoms with E-state index in [2.05, 4.69) is 5.32 Å². The van der Waals surface area contributed by atoms with Crippen LogP contribution in [0.5, 0.6) is 0 Å². The molecule has 94 valence electrons. The molecular formula is C13H17ClFNO. The van der Waals surface area contributed by atoms with Gasteiger partial charge in [-0.2, -0.15) is 0 Å². The van der Waals surface area contributed by atoms with Gasteiger partial charge in [-0.25, -0.2) is 4.39 Å². The zero-order chi connectivity index (χ0) is 13.2. The van der Waals surface area contributed by atoms with Gasteiger partial charge < -0.3 is 5.32 Å². The number of rotatable bonds is 2. The summed E-state index contributed by atoms with van der Waals surface area (Å²) in [7, 11) is 0. The van der Waals surface area contributed by atoms with Gasteiger partial charge in [0.15, 0.2) is 0 Å². The Morgan fingerprint density at radius 2 is 2.00 bits per heavy atom. The van der Waals surface area contributed by atoms with Crippen molar-refractivity contribution in [3.05, 3.63) is 34.6 Å². The third kappa shape index (κ3) is 3.70. The SMILES string of the molecule is C[C@H](NC(=O)c1ccc(F)cc1Cl)C(C)(C)C. The van der Waals surface area contributed by atoms with Crippen LogP contribution in [-0.4, -0.2) is 11.9 Å². The number of hydrogen-bond donors (Lipinski definition) is 1. The molecule has 0 saturated heterocycles. The van der Waals surface area contributed by atoms with E-state index >= 15 is 0 Å². The topological polar surface area (TPSA) is 29.1 Å². The molecule has 0 aliphatic heterocycles. The average molecular weight is 258 g/mol. The predicted octanol–water partition coefficient (Wildman–Crippen LogP) is 3.64. The first-order valence-corrected chi connectivity index (χ1v) is 5.85. The lowest BCUT2D eigenvalue weighted by molar-refractivity contribution is 0.0910.